The molecule has 0 saturated heterocycles. The van der Waals surface area contributed by atoms with Crippen molar-refractivity contribution in [3.63, 3.8) is 0 Å². The molecule has 8 heteroatoms. The summed E-state index contributed by atoms with van der Waals surface area (Å²) in [4.78, 5) is 39.3. The normalized spacial score (nSPS) is 12.0. The zero-order valence-corrected chi connectivity index (χ0v) is 25.3. The topological polar surface area (TPSA) is 111 Å². The van der Waals surface area contributed by atoms with Crippen LogP contribution in [0.15, 0.2) is 36.4 Å². The number of primary amides is 1. The first-order valence-electron chi connectivity index (χ1n) is 14.3. The minimum atomic E-state index is -0.542. The number of likely N-dealkylation sites (N-methyl/N-ethyl adjacent to an activating group) is 1. The summed E-state index contributed by atoms with van der Waals surface area (Å²) in [5.41, 5.74) is 8.04. The number of nitrogens with two attached hydrogens (primary N) is 1. The van der Waals surface area contributed by atoms with E-state index >= 15 is 0 Å². The number of hydrogen-bond donors (Lipinski definition) is 2. The van der Waals surface area contributed by atoms with E-state index in [9.17, 15) is 14.4 Å². The number of nitrogens with zero attached hydrogens (tertiary/aromatic N) is 1. The van der Waals surface area contributed by atoms with E-state index in [4.69, 9.17) is 15.2 Å². The molecule has 0 aliphatic rings. The number of benzene rings is 2. The van der Waals surface area contributed by atoms with Gasteiger partial charge >= 0.3 is 0 Å². The standard InChI is InChI=1S/C32H47N3O5/c1-8-11-12-13-22(19-29(36)34-27-18-23(31(33)38)14-17-26(27)32(4,5)6)25-16-15-24(20-28(25)39-7)40-21-30(37)35(9-2)10-3/h14-18,20,22H,8-13,19,21H2,1-7H3,(H2,33,38)(H,34,36). The fourth-order valence-corrected chi connectivity index (χ4v) is 4.82. The predicted octanol–water partition coefficient (Wildman–Crippen LogP) is 6.03. The lowest BCUT2D eigenvalue weighted by Crippen LogP contribution is -2.34. The number of methoxy groups -OCH3 is 1. The quantitative estimate of drug-likeness (QED) is 0.262. The van der Waals surface area contributed by atoms with Crippen molar-refractivity contribution in [3.8, 4) is 11.5 Å². The highest BCUT2D eigenvalue weighted by atomic mass is 16.5. The lowest BCUT2D eigenvalue weighted by molar-refractivity contribution is -0.133. The van der Waals surface area contributed by atoms with Crippen molar-refractivity contribution in [2.24, 2.45) is 5.73 Å². The third kappa shape index (κ3) is 9.28. The van der Waals surface area contributed by atoms with Gasteiger partial charge in [0.1, 0.15) is 11.5 Å². The van der Waals surface area contributed by atoms with Gasteiger partial charge in [-0.25, -0.2) is 0 Å². The lowest BCUT2D eigenvalue weighted by Gasteiger charge is -2.25. The molecule has 0 aliphatic carbocycles. The van der Waals surface area contributed by atoms with Crippen LogP contribution < -0.4 is 20.5 Å². The Kier molecular flexibility index (Phi) is 12.5. The molecule has 3 amide bonds. The molecular formula is C32H47N3O5. The van der Waals surface area contributed by atoms with Gasteiger partial charge in [0.05, 0.1) is 7.11 Å². The van der Waals surface area contributed by atoms with E-state index in [2.05, 4.69) is 33.0 Å². The van der Waals surface area contributed by atoms with Gasteiger partial charge in [-0.1, -0.05) is 59.1 Å². The van der Waals surface area contributed by atoms with Crippen LogP contribution in [-0.2, 0) is 15.0 Å². The van der Waals surface area contributed by atoms with Gasteiger partial charge in [-0.05, 0) is 60.9 Å². The van der Waals surface area contributed by atoms with Gasteiger partial charge in [-0.3, -0.25) is 14.4 Å². The summed E-state index contributed by atoms with van der Waals surface area (Å²) in [6.45, 7) is 13.4. The van der Waals surface area contributed by atoms with Crippen molar-refractivity contribution in [2.45, 2.75) is 85.0 Å². The molecule has 3 N–H and O–H groups in total. The monoisotopic (exact) mass is 553 g/mol. The van der Waals surface area contributed by atoms with E-state index in [0.29, 0.717) is 35.8 Å². The zero-order chi connectivity index (χ0) is 29.9. The van der Waals surface area contributed by atoms with Crippen LogP contribution in [0.2, 0.25) is 0 Å². The Bertz CT molecular complexity index is 1150. The number of nitrogens with one attached hydrogen (secondary N) is 1. The number of ether oxygens (including phenoxy) is 2. The van der Waals surface area contributed by atoms with Gasteiger partial charge < -0.3 is 25.4 Å². The Balaban J connectivity index is 2.30. The van der Waals surface area contributed by atoms with E-state index in [-0.39, 0.29) is 36.2 Å². The fourth-order valence-electron chi connectivity index (χ4n) is 4.82. The average molecular weight is 554 g/mol. The fraction of sp³-hybridized carbons (Fsp3) is 0.531. The molecule has 0 aromatic heterocycles. The van der Waals surface area contributed by atoms with Gasteiger partial charge in [0.2, 0.25) is 11.8 Å². The maximum absolute atomic E-state index is 13.4. The summed E-state index contributed by atoms with van der Waals surface area (Å²) in [5, 5.41) is 3.05. The maximum Gasteiger partial charge on any atom is 0.260 e. The summed E-state index contributed by atoms with van der Waals surface area (Å²) in [7, 11) is 1.60. The molecule has 2 aromatic carbocycles. The van der Waals surface area contributed by atoms with Crippen LogP contribution in [-0.4, -0.2) is 49.4 Å². The second kappa shape index (κ2) is 15.3. The molecule has 2 aromatic rings. The van der Waals surface area contributed by atoms with Crippen molar-refractivity contribution >= 4 is 23.4 Å². The molecular weight excluding hydrogens is 506 g/mol. The van der Waals surface area contributed by atoms with Gasteiger partial charge in [-0.2, -0.15) is 0 Å². The number of unbranched alkanes of at least 4 members (excludes halogenated alkanes) is 2. The van der Waals surface area contributed by atoms with E-state index < -0.39 is 5.91 Å². The van der Waals surface area contributed by atoms with E-state index in [1.807, 2.05) is 32.0 Å². The summed E-state index contributed by atoms with van der Waals surface area (Å²) < 4.78 is 11.5. The van der Waals surface area contributed by atoms with Crippen LogP contribution in [0.4, 0.5) is 5.69 Å². The largest absolute Gasteiger partial charge is 0.496 e. The number of hydrogen-bond acceptors (Lipinski definition) is 5. The maximum atomic E-state index is 13.4. The highest BCUT2D eigenvalue weighted by Crippen LogP contribution is 2.37. The molecule has 40 heavy (non-hydrogen) atoms. The first kappa shape index (κ1) is 32.7. The summed E-state index contributed by atoms with van der Waals surface area (Å²) >= 11 is 0. The lowest BCUT2D eigenvalue weighted by atomic mass is 9.84. The average Bonchev–Trinajstić information content (AvgIpc) is 2.91. The van der Waals surface area contributed by atoms with Gasteiger partial charge in [-0.15, -0.1) is 0 Å². The van der Waals surface area contributed by atoms with Gasteiger partial charge in [0, 0.05) is 36.8 Å². The summed E-state index contributed by atoms with van der Waals surface area (Å²) in [5.74, 6) is 0.298. The number of anilines is 1. The summed E-state index contributed by atoms with van der Waals surface area (Å²) in [6.07, 6.45) is 4.15. The summed E-state index contributed by atoms with van der Waals surface area (Å²) in [6, 6.07) is 10.7. The van der Waals surface area contributed by atoms with Crippen molar-refractivity contribution in [3.05, 3.63) is 53.1 Å². The van der Waals surface area contributed by atoms with Gasteiger partial charge in [0.15, 0.2) is 6.61 Å². The van der Waals surface area contributed by atoms with Crippen LogP contribution in [0.3, 0.4) is 0 Å². The molecule has 8 nitrogen and oxygen atoms in total. The second-order valence-corrected chi connectivity index (χ2v) is 11.1. The Morgan fingerprint density at radius 2 is 1.70 bits per heavy atom. The Hall–Kier alpha value is -3.55. The van der Waals surface area contributed by atoms with Crippen LogP contribution >= 0.6 is 0 Å². The third-order valence-corrected chi connectivity index (χ3v) is 7.10. The molecule has 1 unspecified atom stereocenters. The van der Waals surface area contributed by atoms with Gasteiger partial charge in [0.25, 0.3) is 5.91 Å². The Morgan fingerprint density at radius 1 is 1.00 bits per heavy atom. The number of carbonyl (C=O) groups is 3. The molecule has 220 valence electrons. The predicted molar refractivity (Wildman–Crippen MR) is 160 cm³/mol. The van der Waals surface area contributed by atoms with E-state index in [1.54, 1.807) is 30.2 Å². The van der Waals surface area contributed by atoms with E-state index in [1.165, 1.54) is 0 Å². The molecule has 0 aliphatic heterocycles. The minimum absolute atomic E-state index is 0.0486. The number of amides is 3. The molecule has 0 radical (unpaired) electrons. The SMILES string of the molecule is CCCCCC(CC(=O)Nc1cc(C(N)=O)ccc1C(C)(C)C)c1ccc(OCC(=O)N(CC)CC)cc1OC. The molecule has 0 fully saturated rings. The molecule has 0 heterocycles. The molecule has 0 saturated carbocycles. The van der Waals surface area contributed by atoms with Crippen LogP contribution in [0.1, 0.15) is 101 Å². The third-order valence-electron chi connectivity index (χ3n) is 7.10. The first-order chi connectivity index (χ1) is 18.9. The molecule has 1 atom stereocenters. The highest BCUT2D eigenvalue weighted by Gasteiger charge is 2.24. The van der Waals surface area contributed by atoms with Crippen LogP contribution in [0.25, 0.3) is 0 Å². The number of carbonyl (C=O) groups excluding carboxylic acids is 3. The first-order valence-corrected chi connectivity index (χ1v) is 14.3. The smallest absolute Gasteiger partial charge is 0.260 e. The van der Waals surface area contributed by atoms with Crippen molar-refractivity contribution in [2.75, 3.05) is 32.1 Å². The van der Waals surface area contributed by atoms with Crippen LogP contribution in [0.5, 0.6) is 11.5 Å². The highest BCUT2D eigenvalue weighted by molar-refractivity contribution is 5.97. The molecule has 2 rings (SSSR count). The molecule has 0 bridgehead atoms. The Labute approximate surface area is 239 Å². The van der Waals surface area contributed by atoms with Crippen LogP contribution in [0, 0.1) is 0 Å². The van der Waals surface area contributed by atoms with Crippen molar-refractivity contribution < 1.29 is 23.9 Å². The number of rotatable bonds is 15. The van der Waals surface area contributed by atoms with Crippen molar-refractivity contribution in [1.29, 1.82) is 0 Å². The molecule has 0 spiro atoms. The van der Waals surface area contributed by atoms with E-state index in [0.717, 1.165) is 36.8 Å². The van der Waals surface area contributed by atoms with Crippen molar-refractivity contribution in [1.82, 2.24) is 4.90 Å². The minimum Gasteiger partial charge on any atom is -0.496 e. The zero-order valence-electron chi connectivity index (χ0n) is 25.3. The Morgan fingerprint density at radius 3 is 2.27 bits per heavy atom. The second-order valence-electron chi connectivity index (χ2n) is 11.1.